The van der Waals surface area contributed by atoms with Gasteiger partial charge >= 0.3 is 6.09 Å². The highest BCUT2D eigenvalue weighted by molar-refractivity contribution is 6.23. The molecule has 1 unspecified atom stereocenters. The molecule has 2 heterocycles. The number of rotatable bonds is 3. The van der Waals surface area contributed by atoms with Crippen molar-refractivity contribution in [1.82, 2.24) is 10.2 Å². The molecule has 2 N–H and O–H groups in total. The van der Waals surface area contributed by atoms with Crippen molar-refractivity contribution in [3.05, 3.63) is 29.8 Å². The minimum Gasteiger partial charge on any atom is -0.444 e. The summed E-state index contributed by atoms with van der Waals surface area (Å²) in [4.78, 5) is 52.4. The molecule has 1 aliphatic carbocycles. The first kappa shape index (κ1) is 23.3. The number of ketones is 1. The van der Waals surface area contributed by atoms with Crippen LogP contribution >= 0.6 is 0 Å². The zero-order chi connectivity index (χ0) is 23.8. The average molecular weight is 456 g/mol. The van der Waals surface area contributed by atoms with Crippen LogP contribution in [-0.2, 0) is 19.1 Å². The Bertz CT molecular complexity index is 930. The molecule has 33 heavy (non-hydrogen) atoms. The van der Waals surface area contributed by atoms with Crippen LogP contribution in [0.3, 0.4) is 0 Å². The first-order chi connectivity index (χ1) is 15.6. The Morgan fingerprint density at radius 2 is 1.70 bits per heavy atom. The van der Waals surface area contributed by atoms with Gasteiger partial charge in [-0.1, -0.05) is 31.4 Å². The monoisotopic (exact) mass is 455 g/mol. The molecule has 2 aliphatic heterocycles. The summed E-state index contributed by atoms with van der Waals surface area (Å²) in [5, 5.41) is 5.48. The molecule has 0 aromatic heterocycles. The number of ether oxygens (including phenoxy) is 1. The number of amides is 3. The van der Waals surface area contributed by atoms with Gasteiger partial charge in [-0.3, -0.25) is 14.4 Å². The second kappa shape index (κ2) is 9.15. The van der Waals surface area contributed by atoms with Crippen molar-refractivity contribution < 1.29 is 23.9 Å². The summed E-state index contributed by atoms with van der Waals surface area (Å²) in [6.45, 7) is 5.61. The number of benzene rings is 1. The van der Waals surface area contributed by atoms with E-state index in [-0.39, 0.29) is 13.1 Å². The van der Waals surface area contributed by atoms with Crippen molar-refractivity contribution in [2.45, 2.75) is 70.4 Å². The second-order valence-corrected chi connectivity index (χ2v) is 10.4. The van der Waals surface area contributed by atoms with Gasteiger partial charge in [-0.05, 0) is 57.2 Å². The fourth-order valence-electron chi connectivity index (χ4n) is 5.06. The van der Waals surface area contributed by atoms with Crippen LogP contribution in [0.5, 0.6) is 0 Å². The van der Waals surface area contributed by atoms with E-state index >= 15 is 0 Å². The summed E-state index contributed by atoms with van der Waals surface area (Å²) in [5.74, 6) is -3.21. The summed E-state index contributed by atoms with van der Waals surface area (Å²) < 4.78 is 5.38. The third kappa shape index (κ3) is 5.20. The normalized spacial score (nSPS) is 25.9. The van der Waals surface area contributed by atoms with Gasteiger partial charge in [0.2, 0.25) is 11.8 Å². The summed E-state index contributed by atoms with van der Waals surface area (Å²) in [6.07, 6.45) is 5.62. The number of fused-ring (bicyclic) bond motifs is 1. The van der Waals surface area contributed by atoms with Gasteiger partial charge in [-0.15, -0.1) is 0 Å². The molecule has 0 spiro atoms. The van der Waals surface area contributed by atoms with Crippen LogP contribution in [0.2, 0.25) is 0 Å². The summed E-state index contributed by atoms with van der Waals surface area (Å²) in [7, 11) is 0. The van der Waals surface area contributed by atoms with Crippen LogP contribution in [0.15, 0.2) is 24.3 Å². The number of anilines is 1. The Kier molecular flexibility index (Phi) is 6.45. The molecule has 0 radical (unpaired) electrons. The lowest BCUT2D eigenvalue weighted by atomic mass is 9.83. The number of nitrogens with one attached hydrogen (secondary N) is 2. The molecule has 2 saturated heterocycles. The quantitative estimate of drug-likeness (QED) is 0.681. The molecule has 0 bridgehead atoms. The van der Waals surface area contributed by atoms with Crippen molar-refractivity contribution in [2.75, 3.05) is 18.4 Å². The topological polar surface area (TPSA) is 105 Å². The van der Waals surface area contributed by atoms with Gasteiger partial charge < -0.3 is 20.3 Å². The van der Waals surface area contributed by atoms with E-state index in [0.29, 0.717) is 11.6 Å². The minimum absolute atomic E-state index is 0.124. The zero-order valence-electron chi connectivity index (χ0n) is 19.6. The molecule has 3 fully saturated rings. The fraction of sp³-hybridized carbons (Fsp3) is 0.600. The van der Waals surface area contributed by atoms with Gasteiger partial charge in [-0.2, -0.15) is 0 Å². The third-order valence-electron chi connectivity index (χ3n) is 6.73. The van der Waals surface area contributed by atoms with Crippen molar-refractivity contribution in [3.63, 3.8) is 0 Å². The van der Waals surface area contributed by atoms with E-state index < -0.39 is 47.2 Å². The molecule has 3 amide bonds. The third-order valence-corrected chi connectivity index (χ3v) is 6.73. The minimum atomic E-state index is -1.43. The molecule has 1 aromatic carbocycles. The van der Waals surface area contributed by atoms with Crippen molar-refractivity contribution in [1.29, 1.82) is 0 Å². The number of Topliss-reactive ketones (excluding diaryl/α,β-unsaturated/α-hetero) is 1. The predicted molar refractivity (Wildman–Crippen MR) is 123 cm³/mol. The number of hydrogen-bond acceptors (Lipinski definition) is 5. The van der Waals surface area contributed by atoms with E-state index in [1.807, 2.05) is 24.3 Å². The lowest BCUT2D eigenvalue weighted by Crippen LogP contribution is -2.57. The Morgan fingerprint density at radius 1 is 1.03 bits per heavy atom. The smallest absolute Gasteiger partial charge is 0.410 e. The van der Waals surface area contributed by atoms with Crippen LogP contribution < -0.4 is 10.6 Å². The van der Waals surface area contributed by atoms with Gasteiger partial charge in [-0.25, -0.2) is 4.79 Å². The number of nitrogens with zero attached hydrogens (tertiary/aromatic N) is 1. The van der Waals surface area contributed by atoms with E-state index in [2.05, 4.69) is 10.6 Å². The van der Waals surface area contributed by atoms with Crippen LogP contribution in [0, 0.1) is 11.8 Å². The first-order valence-corrected chi connectivity index (χ1v) is 11.9. The van der Waals surface area contributed by atoms with Crippen molar-refractivity contribution in [2.24, 2.45) is 11.8 Å². The first-order valence-electron chi connectivity index (χ1n) is 11.9. The predicted octanol–water partition coefficient (Wildman–Crippen LogP) is 3.22. The van der Waals surface area contributed by atoms with E-state index in [0.717, 1.165) is 0 Å². The van der Waals surface area contributed by atoms with E-state index in [4.69, 9.17) is 4.74 Å². The Morgan fingerprint density at radius 3 is 2.33 bits per heavy atom. The zero-order valence-corrected chi connectivity index (χ0v) is 19.6. The SMILES string of the molecule is CC(C)(C)OC(=O)N1C[C@@H]2NC(=O)C(C(=O)Nc3ccc(C4CCCCC4)cc3)C(=O)[C@H]2C1. The van der Waals surface area contributed by atoms with Crippen LogP contribution in [0.1, 0.15) is 64.4 Å². The molecule has 3 aliphatic rings. The van der Waals surface area contributed by atoms with Crippen LogP contribution in [0.4, 0.5) is 10.5 Å². The van der Waals surface area contributed by atoms with Gasteiger partial charge in [0.15, 0.2) is 11.7 Å². The summed E-state index contributed by atoms with van der Waals surface area (Å²) in [5.41, 5.74) is 1.16. The average Bonchev–Trinajstić information content (AvgIpc) is 3.18. The molecule has 3 atom stereocenters. The maximum Gasteiger partial charge on any atom is 0.410 e. The van der Waals surface area contributed by atoms with Gasteiger partial charge in [0, 0.05) is 18.8 Å². The number of carbonyl (C=O) groups excluding carboxylic acids is 4. The molecule has 4 rings (SSSR count). The highest BCUT2D eigenvalue weighted by atomic mass is 16.6. The van der Waals surface area contributed by atoms with E-state index in [1.165, 1.54) is 42.6 Å². The van der Waals surface area contributed by atoms with Crippen LogP contribution in [-0.4, -0.2) is 53.3 Å². The Balaban J connectivity index is 1.39. The summed E-state index contributed by atoms with van der Waals surface area (Å²) in [6, 6.07) is 7.18. The van der Waals surface area contributed by atoms with Crippen molar-refractivity contribution >= 4 is 29.4 Å². The maximum atomic E-state index is 13.1. The van der Waals surface area contributed by atoms with E-state index in [1.54, 1.807) is 20.8 Å². The standard InChI is InChI=1S/C25H33N3O5/c1-25(2,3)33-24(32)28-13-18-19(14-28)27-23(31)20(21(18)29)22(30)26-17-11-9-16(10-12-17)15-7-5-4-6-8-15/h9-12,15,18-20H,4-8,13-14H2,1-3H3,(H,26,30)(H,27,31)/t18-,19-,20?/m0/s1. The molecule has 1 saturated carbocycles. The molecular formula is C25H33N3O5. The number of piperidine rings is 1. The van der Waals surface area contributed by atoms with Gasteiger partial charge in [0.05, 0.1) is 12.0 Å². The second-order valence-electron chi connectivity index (χ2n) is 10.4. The molecule has 8 nitrogen and oxygen atoms in total. The molecular weight excluding hydrogens is 422 g/mol. The van der Waals surface area contributed by atoms with Gasteiger partial charge in [0.25, 0.3) is 0 Å². The van der Waals surface area contributed by atoms with E-state index in [9.17, 15) is 19.2 Å². The number of hydrogen-bond donors (Lipinski definition) is 2. The van der Waals surface area contributed by atoms with Gasteiger partial charge in [0.1, 0.15) is 5.60 Å². The highest BCUT2D eigenvalue weighted by Crippen LogP contribution is 2.33. The largest absolute Gasteiger partial charge is 0.444 e. The molecule has 1 aromatic rings. The lowest BCUT2D eigenvalue weighted by molar-refractivity contribution is -0.145. The number of carbonyl (C=O) groups is 4. The van der Waals surface area contributed by atoms with Crippen molar-refractivity contribution in [3.8, 4) is 0 Å². The fourth-order valence-corrected chi connectivity index (χ4v) is 5.06. The van der Waals surface area contributed by atoms with Crippen LogP contribution in [0.25, 0.3) is 0 Å². The maximum absolute atomic E-state index is 13.1. The Labute approximate surface area is 194 Å². The summed E-state index contributed by atoms with van der Waals surface area (Å²) >= 11 is 0. The molecule has 178 valence electrons. The molecule has 8 heteroatoms. The highest BCUT2D eigenvalue weighted by Gasteiger charge is 2.51. The number of likely N-dealkylation sites (tertiary alicyclic amines) is 1. The lowest BCUT2D eigenvalue weighted by Gasteiger charge is -2.29. The Hall–Kier alpha value is -2.90.